The van der Waals surface area contributed by atoms with Crippen molar-refractivity contribution in [2.24, 2.45) is 0 Å². The van der Waals surface area contributed by atoms with Crippen LogP contribution in [0.5, 0.6) is 5.88 Å². The number of nitrogens with one attached hydrogen (secondary N) is 1. The second kappa shape index (κ2) is 8.41. The smallest absolute Gasteiger partial charge is 0.264 e. The molecule has 2 aromatic heterocycles. The molecule has 10 nitrogen and oxygen atoms in total. The maximum absolute atomic E-state index is 14.1. The number of anilines is 2. The highest BCUT2D eigenvalue weighted by atomic mass is 32.2. The van der Waals surface area contributed by atoms with Gasteiger partial charge in [0.15, 0.2) is 0 Å². The highest BCUT2D eigenvalue weighted by molar-refractivity contribution is 7.92. The molecule has 0 aliphatic heterocycles. The van der Waals surface area contributed by atoms with Gasteiger partial charge in [0.25, 0.3) is 10.0 Å². The van der Waals surface area contributed by atoms with Crippen molar-refractivity contribution in [1.29, 1.82) is 0 Å². The topological polar surface area (TPSA) is 146 Å². The van der Waals surface area contributed by atoms with Crippen molar-refractivity contribution in [3.8, 4) is 17.0 Å². The molecule has 188 valence electrons. The van der Waals surface area contributed by atoms with Crippen molar-refractivity contribution in [2.45, 2.75) is 23.0 Å². The summed E-state index contributed by atoms with van der Waals surface area (Å²) in [6.07, 6.45) is 2.49. The number of ether oxygens (including phenoxy) is 1. The molecule has 1 saturated carbocycles. The summed E-state index contributed by atoms with van der Waals surface area (Å²) in [5, 5.41) is -0.517. The molecular weight excluding hydrogens is 516 g/mol. The quantitative estimate of drug-likeness (QED) is 0.367. The summed E-state index contributed by atoms with van der Waals surface area (Å²) < 4.78 is 87.2. The van der Waals surface area contributed by atoms with Crippen LogP contribution in [-0.2, 0) is 20.0 Å². The van der Waals surface area contributed by atoms with Crippen LogP contribution in [0.1, 0.15) is 12.8 Å². The number of hydrogen-bond acceptors (Lipinski definition) is 8. The first-order valence-electron chi connectivity index (χ1n) is 10.6. The molecule has 0 atom stereocenters. The molecule has 36 heavy (non-hydrogen) atoms. The number of rotatable bonds is 7. The molecule has 1 aliphatic rings. The van der Waals surface area contributed by atoms with E-state index in [0.717, 1.165) is 16.1 Å². The minimum Gasteiger partial charge on any atom is -0.480 e. The maximum Gasteiger partial charge on any atom is 0.264 e. The van der Waals surface area contributed by atoms with E-state index in [4.69, 9.17) is 10.5 Å². The van der Waals surface area contributed by atoms with Crippen LogP contribution in [0.3, 0.4) is 0 Å². The van der Waals surface area contributed by atoms with E-state index in [2.05, 4.69) is 14.7 Å². The lowest BCUT2D eigenvalue weighted by Gasteiger charge is -2.13. The van der Waals surface area contributed by atoms with Gasteiger partial charge in [-0.1, -0.05) is 6.07 Å². The Morgan fingerprint density at radius 2 is 1.81 bits per heavy atom. The fourth-order valence-electron chi connectivity index (χ4n) is 3.77. The minimum absolute atomic E-state index is 0.100. The standard InChI is InChI=1S/C22H19F2N5O5S2/c1-34-21-18(28-35(30,31)20-7-3-14(23)10-16(20)24)8-13(11-26-21)12-2-6-17-19(9-12)29(22(25)27-17)36(32,33)15-4-5-15/h2-3,6-11,15,28H,4-5H2,1H3,(H2,25,27). The van der Waals surface area contributed by atoms with Crippen LogP contribution in [0, 0.1) is 11.6 Å². The van der Waals surface area contributed by atoms with Gasteiger partial charge in [-0.25, -0.2) is 39.6 Å². The molecule has 0 amide bonds. The first kappa shape index (κ1) is 23.9. The van der Waals surface area contributed by atoms with Gasteiger partial charge >= 0.3 is 0 Å². The molecule has 0 bridgehead atoms. The van der Waals surface area contributed by atoms with Crippen LogP contribution >= 0.6 is 0 Å². The van der Waals surface area contributed by atoms with E-state index in [1.807, 2.05) is 0 Å². The average Bonchev–Trinajstić information content (AvgIpc) is 3.61. The molecule has 2 heterocycles. The summed E-state index contributed by atoms with van der Waals surface area (Å²) >= 11 is 0. The lowest BCUT2D eigenvalue weighted by molar-refractivity contribution is 0.400. The zero-order valence-corrected chi connectivity index (χ0v) is 20.3. The Kier molecular flexibility index (Phi) is 5.59. The number of hydrogen-bond donors (Lipinski definition) is 2. The molecule has 3 N–H and O–H groups in total. The van der Waals surface area contributed by atoms with Gasteiger partial charge in [-0.15, -0.1) is 0 Å². The number of methoxy groups -OCH3 is 1. The van der Waals surface area contributed by atoms with Crippen molar-refractivity contribution >= 4 is 42.7 Å². The largest absolute Gasteiger partial charge is 0.480 e. The molecule has 0 unspecified atom stereocenters. The number of nitrogens with two attached hydrogens (primary N) is 1. The van der Waals surface area contributed by atoms with Crippen LogP contribution in [0.4, 0.5) is 20.4 Å². The van der Waals surface area contributed by atoms with Gasteiger partial charge in [0.05, 0.1) is 23.4 Å². The molecule has 14 heteroatoms. The van der Waals surface area contributed by atoms with E-state index >= 15 is 0 Å². The van der Waals surface area contributed by atoms with E-state index in [0.29, 0.717) is 35.6 Å². The summed E-state index contributed by atoms with van der Waals surface area (Å²) in [5.41, 5.74) is 7.32. The molecule has 1 fully saturated rings. The van der Waals surface area contributed by atoms with Gasteiger partial charge in [-0.3, -0.25) is 4.72 Å². The van der Waals surface area contributed by atoms with Crippen LogP contribution in [0.25, 0.3) is 22.2 Å². The Morgan fingerprint density at radius 3 is 2.47 bits per heavy atom. The SMILES string of the molecule is COc1ncc(-c2ccc3nc(N)n(S(=O)(=O)C4CC4)c3c2)cc1NS(=O)(=O)c1ccc(F)cc1F. The van der Waals surface area contributed by atoms with Gasteiger partial charge in [0, 0.05) is 17.8 Å². The number of nitrogens with zero attached hydrogens (tertiary/aromatic N) is 3. The van der Waals surface area contributed by atoms with Crippen molar-refractivity contribution < 1.29 is 30.4 Å². The number of sulfonamides is 1. The molecular formula is C22H19F2N5O5S2. The van der Waals surface area contributed by atoms with Crippen molar-refractivity contribution in [3.63, 3.8) is 0 Å². The van der Waals surface area contributed by atoms with Crippen LogP contribution in [0.2, 0.25) is 0 Å². The predicted octanol–water partition coefficient (Wildman–Crippen LogP) is 3.11. The number of fused-ring (bicyclic) bond motifs is 1. The normalized spacial score (nSPS) is 14.2. The number of pyridine rings is 1. The van der Waals surface area contributed by atoms with Gasteiger partial charge in [-0.05, 0) is 48.7 Å². The van der Waals surface area contributed by atoms with Gasteiger partial charge < -0.3 is 10.5 Å². The van der Waals surface area contributed by atoms with E-state index < -0.39 is 41.8 Å². The van der Waals surface area contributed by atoms with Crippen molar-refractivity contribution in [3.05, 3.63) is 60.3 Å². The molecule has 2 aromatic carbocycles. The summed E-state index contributed by atoms with van der Waals surface area (Å²) in [5.74, 6) is -2.45. The third kappa shape index (κ3) is 4.11. The fraction of sp³-hybridized carbons (Fsp3) is 0.182. The monoisotopic (exact) mass is 535 g/mol. The second-order valence-corrected chi connectivity index (χ2v) is 11.9. The Balaban J connectivity index is 1.58. The average molecular weight is 536 g/mol. The number of benzene rings is 2. The molecule has 0 saturated heterocycles. The number of aromatic nitrogens is 3. The predicted molar refractivity (Wildman–Crippen MR) is 128 cm³/mol. The van der Waals surface area contributed by atoms with Gasteiger partial charge in [0.2, 0.25) is 21.9 Å². The summed E-state index contributed by atoms with van der Waals surface area (Å²) in [6, 6.07) is 8.26. The summed E-state index contributed by atoms with van der Waals surface area (Å²) in [7, 11) is -6.92. The highest BCUT2D eigenvalue weighted by Crippen LogP contribution is 2.36. The Bertz CT molecular complexity index is 1740. The molecule has 4 aromatic rings. The number of imidazole rings is 1. The number of nitrogen functional groups attached to an aromatic ring is 1. The van der Waals surface area contributed by atoms with Gasteiger partial charge in [0.1, 0.15) is 22.2 Å². The molecule has 1 aliphatic carbocycles. The minimum atomic E-state index is -4.47. The van der Waals surface area contributed by atoms with E-state index in [1.165, 1.54) is 19.4 Å². The Labute approximate surface area is 204 Å². The number of halogens is 2. The zero-order valence-electron chi connectivity index (χ0n) is 18.6. The first-order chi connectivity index (χ1) is 17.0. The fourth-order valence-corrected chi connectivity index (χ4v) is 6.63. The summed E-state index contributed by atoms with van der Waals surface area (Å²) in [6.45, 7) is 0. The highest BCUT2D eigenvalue weighted by Gasteiger charge is 2.39. The maximum atomic E-state index is 14.1. The third-order valence-electron chi connectivity index (χ3n) is 5.64. The van der Waals surface area contributed by atoms with E-state index in [9.17, 15) is 25.6 Å². The van der Waals surface area contributed by atoms with Crippen molar-refractivity contribution in [2.75, 3.05) is 17.6 Å². The van der Waals surface area contributed by atoms with E-state index in [1.54, 1.807) is 18.2 Å². The molecule has 0 radical (unpaired) electrons. The third-order valence-corrected chi connectivity index (χ3v) is 9.25. The second-order valence-electron chi connectivity index (χ2n) is 8.14. The molecule has 0 spiro atoms. The Morgan fingerprint density at radius 1 is 1.06 bits per heavy atom. The summed E-state index contributed by atoms with van der Waals surface area (Å²) in [4.78, 5) is 7.49. The van der Waals surface area contributed by atoms with Crippen molar-refractivity contribution in [1.82, 2.24) is 13.9 Å². The lowest BCUT2D eigenvalue weighted by atomic mass is 10.1. The van der Waals surface area contributed by atoms with Gasteiger partial charge in [-0.2, -0.15) is 0 Å². The molecule has 5 rings (SSSR count). The lowest BCUT2D eigenvalue weighted by Crippen LogP contribution is -2.19. The van der Waals surface area contributed by atoms with Crippen LogP contribution in [0.15, 0.2) is 53.6 Å². The van der Waals surface area contributed by atoms with Crippen LogP contribution in [-0.4, -0.2) is 43.1 Å². The van der Waals surface area contributed by atoms with Crippen LogP contribution < -0.4 is 15.2 Å². The first-order valence-corrected chi connectivity index (χ1v) is 13.5. The van der Waals surface area contributed by atoms with E-state index in [-0.39, 0.29) is 23.0 Å². The zero-order chi connectivity index (χ0) is 25.8. The Hall–Kier alpha value is -3.78.